The lowest BCUT2D eigenvalue weighted by molar-refractivity contribution is 0.589. The van der Waals surface area contributed by atoms with Gasteiger partial charge in [0.15, 0.2) is 9.84 Å². The molecule has 0 bridgehead atoms. The molecule has 88 valence electrons. The fraction of sp³-hybridized carbons (Fsp3) is 0.455. The minimum atomic E-state index is -3.13. The van der Waals surface area contributed by atoms with E-state index >= 15 is 0 Å². The number of sulfone groups is 1. The molecule has 0 aromatic heterocycles. The first-order valence-corrected chi connectivity index (χ1v) is 9.01. The molecule has 0 unspecified atom stereocenters. The summed E-state index contributed by atoms with van der Waals surface area (Å²) in [5, 5.41) is -0.229. The summed E-state index contributed by atoms with van der Waals surface area (Å²) in [6, 6.07) is 8.79. The van der Waals surface area contributed by atoms with Crippen molar-refractivity contribution < 1.29 is 8.42 Å². The Balaban J connectivity index is 2.24. The summed E-state index contributed by atoms with van der Waals surface area (Å²) in [5.41, 5.74) is 0. The molecule has 0 atom stereocenters. The standard InChI is InChI=1S/C11H14O2S3/c12-16(13,10-4-2-1-3-5-10)11-8-14-6-7-15-9-11/h1-5,11H,6-9H2. The second-order valence-corrected chi connectivity index (χ2v) is 8.16. The molecule has 0 N–H and O–H groups in total. The van der Waals surface area contributed by atoms with E-state index in [-0.39, 0.29) is 5.25 Å². The second-order valence-electron chi connectivity index (χ2n) is 3.63. The summed E-state index contributed by atoms with van der Waals surface area (Å²) in [6.45, 7) is 0. The molecule has 1 aliphatic rings. The van der Waals surface area contributed by atoms with Crippen molar-refractivity contribution in [2.75, 3.05) is 23.0 Å². The first kappa shape index (κ1) is 12.3. The van der Waals surface area contributed by atoms with Crippen molar-refractivity contribution in [3.05, 3.63) is 30.3 Å². The molecule has 0 spiro atoms. The summed E-state index contributed by atoms with van der Waals surface area (Å²) in [7, 11) is -3.13. The maximum Gasteiger partial charge on any atom is 0.182 e. The van der Waals surface area contributed by atoms with Crippen LogP contribution in [-0.4, -0.2) is 36.7 Å². The number of thioether (sulfide) groups is 2. The van der Waals surface area contributed by atoms with Gasteiger partial charge in [0.1, 0.15) is 0 Å². The molecule has 5 heteroatoms. The van der Waals surface area contributed by atoms with E-state index in [0.29, 0.717) is 4.90 Å². The van der Waals surface area contributed by atoms with Crippen molar-refractivity contribution in [3.8, 4) is 0 Å². The molecule has 0 radical (unpaired) electrons. The second kappa shape index (κ2) is 5.47. The van der Waals surface area contributed by atoms with E-state index < -0.39 is 9.84 Å². The van der Waals surface area contributed by atoms with Crippen LogP contribution >= 0.6 is 23.5 Å². The van der Waals surface area contributed by atoms with Crippen molar-refractivity contribution in [1.82, 2.24) is 0 Å². The minimum Gasteiger partial charge on any atom is -0.223 e. The molecule has 0 saturated carbocycles. The van der Waals surface area contributed by atoms with Crippen LogP contribution in [0.3, 0.4) is 0 Å². The van der Waals surface area contributed by atoms with Crippen molar-refractivity contribution in [2.45, 2.75) is 10.1 Å². The van der Waals surface area contributed by atoms with Gasteiger partial charge in [0, 0.05) is 23.0 Å². The highest BCUT2D eigenvalue weighted by Crippen LogP contribution is 2.25. The van der Waals surface area contributed by atoms with Gasteiger partial charge >= 0.3 is 0 Å². The Hall–Kier alpha value is -0.130. The first-order valence-electron chi connectivity index (χ1n) is 5.16. The normalized spacial score (nSPS) is 19.2. The minimum absolute atomic E-state index is 0.229. The van der Waals surface area contributed by atoms with Crippen molar-refractivity contribution in [2.24, 2.45) is 0 Å². The molecule has 1 saturated heterocycles. The fourth-order valence-electron chi connectivity index (χ4n) is 1.58. The van der Waals surface area contributed by atoms with Crippen LogP contribution < -0.4 is 0 Å². The monoisotopic (exact) mass is 274 g/mol. The number of rotatable bonds is 2. The van der Waals surface area contributed by atoms with Crippen LogP contribution in [0.5, 0.6) is 0 Å². The average Bonchev–Trinajstić information content (AvgIpc) is 2.59. The average molecular weight is 274 g/mol. The van der Waals surface area contributed by atoms with Crippen molar-refractivity contribution >= 4 is 33.4 Å². The Bertz CT molecular complexity index is 420. The maximum absolute atomic E-state index is 12.3. The highest BCUT2D eigenvalue weighted by Gasteiger charge is 2.28. The van der Waals surface area contributed by atoms with Crippen LogP contribution in [0, 0.1) is 0 Å². The predicted molar refractivity (Wildman–Crippen MR) is 72.1 cm³/mol. The fourth-order valence-corrected chi connectivity index (χ4v) is 6.70. The van der Waals surface area contributed by atoms with Crippen LogP contribution in [-0.2, 0) is 9.84 Å². The van der Waals surface area contributed by atoms with Crippen LogP contribution in [0.4, 0.5) is 0 Å². The SMILES string of the molecule is O=S(=O)(c1ccccc1)C1CSCCSC1. The van der Waals surface area contributed by atoms with E-state index in [2.05, 4.69) is 0 Å². The van der Waals surface area contributed by atoms with Gasteiger partial charge in [0.2, 0.25) is 0 Å². The number of hydrogen-bond donors (Lipinski definition) is 0. The van der Waals surface area contributed by atoms with Gasteiger partial charge in [-0.2, -0.15) is 23.5 Å². The zero-order chi connectivity index (χ0) is 11.4. The van der Waals surface area contributed by atoms with E-state index in [0.717, 1.165) is 23.0 Å². The Morgan fingerprint density at radius 2 is 1.56 bits per heavy atom. The van der Waals surface area contributed by atoms with E-state index in [1.165, 1.54) is 0 Å². The molecular formula is C11H14O2S3. The lowest BCUT2D eigenvalue weighted by Crippen LogP contribution is -2.25. The molecule has 2 rings (SSSR count). The summed E-state index contributed by atoms with van der Waals surface area (Å²) < 4.78 is 24.6. The van der Waals surface area contributed by atoms with Crippen LogP contribution in [0.1, 0.15) is 0 Å². The van der Waals surface area contributed by atoms with E-state index in [1.807, 2.05) is 6.07 Å². The van der Waals surface area contributed by atoms with E-state index in [9.17, 15) is 8.42 Å². The highest BCUT2D eigenvalue weighted by molar-refractivity contribution is 8.05. The molecule has 0 amide bonds. The topological polar surface area (TPSA) is 34.1 Å². The molecule has 16 heavy (non-hydrogen) atoms. The van der Waals surface area contributed by atoms with Crippen LogP contribution in [0.15, 0.2) is 35.2 Å². The molecule has 1 aromatic rings. The number of hydrogen-bond acceptors (Lipinski definition) is 4. The van der Waals surface area contributed by atoms with Gasteiger partial charge < -0.3 is 0 Å². The lowest BCUT2D eigenvalue weighted by Gasteiger charge is -2.14. The molecule has 1 aromatic carbocycles. The third-order valence-corrected chi connectivity index (χ3v) is 7.57. The summed E-state index contributed by atoms with van der Waals surface area (Å²) in [6.07, 6.45) is 0. The highest BCUT2D eigenvalue weighted by atomic mass is 32.2. The summed E-state index contributed by atoms with van der Waals surface area (Å²) in [4.78, 5) is 0.461. The maximum atomic E-state index is 12.3. The quantitative estimate of drug-likeness (QED) is 0.829. The van der Waals surface area contributed by atoms with Crippen molar-refractivity contribution in [3.63, 3.8) is 0 Å². The molecule has 2 nitrogen and oxygen atoms in total. The van der Waals surface area contributed by atoms with Crippen molar-refractivity contribution in [1.29, 1.82) is 0 Å². The number of benzene rings is 1. The summed E-state index contributed by atoms with van der Waals surface area (Å²) >= 11 is 3.49. The smallest absolute Gasteiger partial charge is 0.182 e. The molecule has 1 aliphatic heterocycles. The summed E-state index contributed by atoms with van der Waals surface area (Å²) in [5.74, 6) is 3.57. The zero-order valence-corrected chi connectivity index (χ0v) is 11.3. The van der Waals surface area contributed by atoms with E-state index in [4.69, 9.17) is 0 Å². The molecule has 1 heterocycles. The van der Waals surface area contributed by atoms with Gasteiger partial charge in [-0.05, 0) is 12.1 Å². The third kappa shape index (κ3) is 2.76. The lowest BCUT2D eigenvalue weighted by atomic mass is 10.4. The van der Waals surface area contributed by atoms with Crippen LogP contribution in [0.25, 0.3) is 0 Å². The Morgan fingerprint density at radius 1 is 1.00 bits per heavy atom. The van der Waals surface area contributed by atoms with Gasteiger partial charge in [-0.3, -0.25) is 0 Å². The molecule has 0 aliphatic carbocycles. The third-order valence-electron chi connectivity index (χ3n) is 2.49. The Kier molecular flexibility index (Phi) is 4.21. The largest absolute Gasteiger partial charge is 0.223 e. The van der Waals surface area contributed by atoms with Gasteiger partial charge in [0.05, 0.1) is 10.1 Å². The van der Waals surface area contributed by atoms with Gasteiger partial charge in [-0.25, -0.2) is 8.42 Å². The predicted octanol–water partition coefficient (Wildman–Crippen LogP) is 2.31. The van der Waals surface area contributed by atoms with Gasteiger partial charge in [0.25, 0.3) is 0 Å². The van der Waals surface area contributed by atoms with E-state index in [1.54, 1.807) is 47.8 Å². The Morgan fingerprint density at radius 3 is 2.12 bits per heavy atom. The Labute approximate surface area is 105 Å². The van der Waals surface area contributed by atoms with Gasteiger partial charge in [-0.15, -0.1) is 0 Å². The molecular weight excluding hydrogens is 260 g/mol. The first-order chi connectivity index (χ1) is 7.71. The molecule has 1 fully saturated rings. The van der Waals surface area contributed by atoms with Crippen LogP contribution in [0.2, 0.25) is 0 Å². The van der Waals surface area contributed by atoms with Gasteiger partial charge in [-0.1, -0.05) is 18.2 Å². The zero-order valence-electron chi connectivity index (χ0n) is 8.83.